The minimum Gasteiger partial charge on any atom is -0.506 e. The lowest BCUT2D eigenvalue weighted by Gasteiger charge is -2.59. The van der Waals surface area contributed by atoms with Gasteiger partial charge in [-0.15, -0.1) is 0 Å². The molecule has 4 aromatic carbocycles. The molecular weight excluding hydrogens is 666 g/mol. The Kier molecular flexibility index (Phi) is 7.28. The first kappa shape index (κ1) is 32.7. The van der Waals surface area contributed by atoms with Crippen LogP contribution in [0.25, 0.3) is 0 Å². The molecule has 0 unspecified atom stereocenters. The molecule has 0 spiro atoms. The van der Waals surface area contributed by atoms with Crippen LogP contribution in [0.5, 0.6) is 51.7 Å². The number of rotatable bonds is 8. The van der Waals surface area contributed by atoms with E-state index in [1.54, 1.807) is 48.5 Å². The van der Waals surface area contributed by atoms with Crippen molar-refractivity contribution < 1.29 is 29.5 Å². The Bertz CT molecular complexity index is 1940. The van der Waals surface area contributed by atoms with Crippen molar-refractivity contribution in [3.63, 3.8) is 0 Å². The van der Waals surface area contributed by atoms with Crippen LogP contribution in [0.1, 0.15) is 88.2 Å². The van der Waals surface area contributed by atoms with E-state index in [1.807, 2.05) is 0 Å². The molecule has 8 bridgehead atoms. The monoisotopic (exact) mass is 715 g/mol. The van der Waals surface area contributed by atoms with E-state index >= 15 is 0 Å². The lowest BCUT2D eigenvalue weighted by atomic mass is 9.46. The normalized spacial score (nSPS) is 31.8. The molecule has 8 aliphatic rings. The van der Waals surface area contributed by atoms with Gasteiger partial charge in [0.2, 0.25) is 5.75 Å². The maximum absolute atomic E-state index is 10.8. The van der Waals surface area contributed by atoms with E-state index in [-0.39, 0.29) is 45.1 Å². The van der Waals surface area contributed by atoms with Crippen LogP contribution in [0.2, 0.25) is 0 Å². The SMILES string of the molecule is Nc1ccc(Oc2c(C34CC5CC(CC(C5)C3)C4)cc(C34CC5CC(CC(C5)C3)C4)c(Oc3ccc(N)c(O)c3)c2Oc2ccc(N)c(O)c2)cc1O. The first-order chi connectivity index (χ1) is 25.5. The number of hydrogen-bond donors (Lipinski definition) is 6. The lowest BCUT2D eigenvalue weighted by molar-refractivity contribution is -0.00959. The molecule has 12 rings (SSSR count). The topological polar surface area (TPSA) is 166 Å². The summed E-state index contributed by atoms with van der Waals surface area (Å²) in [5.41, 5.74) is 21.0. The molecule has 0 aromatic heterocycles. The van der Waals surface area contributed by atoms with E-state index < -0.39 is 0 Å². The van der Waals surface area contributed by atoms with Gasteiger partial charge in [0.05, 0.1) is 17.1 Å². The van der Waals surface area contributed by atoms with Crippen LogP contribution in [-0.2, 0) is 10.8 Å². The number of benzene rings is 4. The summed E-state index contributed by atoms with van der Waals surface area (Å²) in [5.74, 6) is 6.51. The molecule has 53 heavy (non-hydrogen) atoms. The van der Waals surface area contributed by atoms with Crippen molar-refractivity contribution in [2.24, 2.45) is 35.5 Å². The molecule has 9 N–H and O–H groups in total. The lowest BCUT2D eigenvalue weighted by Crippen LogP contribution is -2.50. The second kappa shape index (κ2) is 11.8. The van der Waals surface area contributed by atoms with Gasteiger partial charge in [0.1, 0.15) is 34.5 Å². The van der Waals surface area contributed by atoms with Gasteiger partial charge < -0.3 is 46.7 Å². The molecule has 9 nitrogen and oxygen atoms in total. The zero-order valence-corrected chi connectivity index (χ0v) is 30.0. The Balaban J connectivity index is 1.26. The molecular formula is C44H49N3O6. The predicted molar refractivity (Wildman–Crippen MR) is 204 cm³/mol. The van der Waals surface area contributed by atoms with E-state index in [9.17, 15) is 15.3 Å². The quantitative estimate of drug-likeness (QED) is 0.0769. The Morgan fingerprint density at radius 1 is 0.415 bits per heavy atom. The van der Waals surface area contributed by atoms with Crippen molar-refractivity contribution in [1.82, 2.24) is 0 Å². The summed E-state index contributed by atoms with van der Waals surface area (Å²) in [6.07, 6.45) is 14.3. The zero-order chi connectivity index (χ0) is 36.2. The van der Waals surface area contributed by atoms with Crippen LogP contribution in [-0.4, -0.2) is 15.3 Å². The number of phenols is 3. The Morgan fingerprint density at radius 2 is 0.698 bits per heavy atom. The van der Waals surface area contributed by atoms with Crippen molar-refractivity contribution in [3.8, 4) is 51.7 Å². The first-order valence-electron chi connectivity index (χ1n) is 19.5. The average molecular weight is 716 g/mol. The molecule has 4 aromatic rings. The van der Waals surface area contributed by atoms with Crippen molar-refractivity contribution in [1.29, 1.82) is 0 Å². The largest absolute Gasteiger partial charge is 0.506 e. The van der Waals surface area contributed by atoms with Gasteiger partial charge >= 0.3 is 0 Å². The van der Waals surface area contributed by atoms with Gasteiger partial charge in [-0.3, -0.25) is 0 Å². The Labute approximate surface area is 310 Å². The third-order valence-corrected chi connectivity index (χ3v) is 14.1. The second-order valence-corrected chi connectivity index (χ2v) is 17.8. The van der Waals surface area contributed by atoms with Gasteiger partial charge in [0.15, 0.2) is 11.5 Å². The van der Waals surface area contributed by atoms with Crippen LogP contribution in [0, 0.1) is 35.5 Å². The fourth-order valence-corrected chi connectivity index (χ4v) is 12.7. The third-order valence-electron chi connectivity index (χ3n) is 14.1. The fraction of sp³-hybridized carbons (Fsp3) is 0.455. The number of nitrogens with two attached hydrogens (primary N) is 3. The summed E-state index contributed by atoms with van der Waals surface area (Å²) in [5, 5.41) is 32.3. The van der Waals surface area contributed by atoms with E-state index in [1.165, 1.54) is 44.6 Å². The molecule has 8 saturated carbocycles. The molecule has 8 aliphatic carbocycles. The van der Waals surface area contributed by atoms with E-state index in [0.717, 1.165) is 49.7 Å². The van der Waals surface area contributed by atoms with Gasteiger partial charge in [0, 0.05) is 29.3 Å². The van der Waals surface area contributed by atoms with Gasteiger partial charge in [-0.25, -0.2) is 0 Å². The highest BCUT2D eigenvalue weighted by atomic mass is 16.5. The number of nitrogen functional groups attached to an aromatic ring is 3. The van der Waals surface area contributed by atoms with E-state index in [2.05, 4.69) is 6.07 Å². The number of aromatic hydroxyl groups is 3. The van der Waals surface area contributed by atoms with Crippen molar-refractivity contribution in [2.75, 3.05) is 17.2 Å². The Morgan fingerprint density at radius 3 is 0.981 bits per heavy atom. The van der Waals surface area contributed by atoms with Gasteiger partial charge in [0.25, 0.3) is 0 Å². The second-order valence-electron chi connectivity index (χ2n) is 17.8. The molecule has 8 fully saturated rings. The standard InChI is InChI=1S/C44H49N3O6/c45-34-4-1-29(13-37(34)48)51-40-32(43-17-23-7-24(18-43)9-25(8-23)19-43)16-33(44-20-26-10-27(21-44)12-28(11-26)22-44)41(52-30-2-5-35(46)38(49)14-30)42(40)53-31-3-6-36(47)39(50)15-31/h1-6,13-16,23-28,48-50H,7-12,17-22,45-47H2. The Hall–Kier alpha value is -4.92. The van der Waals surface area contributed by atoms with Gasteiger partial charge in [-0.1, -0.05) is 0 Å². The molecule has 0 atom stereocenters. The minimum atomic E-state index is -0.115. The fourth-order valence-electron chi connectivity index (χ4n) is 12.7. The molecule has 0 radical (unpaired) electrons. The third kappa shape index (κ3) is 5.48. The average Bonchev–Trinajstić information content (AvgIpc) is 3.09. The summed E-state index contributed by atoms with van der Waals surface area (Å²) in [4.78, 5) is 0. The van der Waals surface area contributed by atoms with Crippen LogP contribution >= 0.6 is 0 Å². The number of ether oxygens (including phenoxy) is 3. The van der Waals surface area contributed by atoms with Crippen molar-refractivity contribution in [3.05, 3.63) is 71.8 Å². The van der Waals surface area contributed by atoms with Gasteiger partial charge in [-0.2, -0.15) is 0 Å². The smallest absolute Gasteiger partial charge is 0.212 e. The predicted octanol–water partition coefficient (Wildman–Crippen LogP) is 9.86. The summed E-state index contributed by atoms with van der Waals surface area (Å²) < 4.78 is 21.0. The van der Waals surface area contributed by atoms with Crippen LogP contribution in [0.4, 0.5) is 17.1 Å². The number of anilines is 3. The molecule has 0 amide bonds. The summed E-state index contributed by atoms with van der Waals surface area (Å²) in [6.45, 7) is 0. The first-order valence-corrected chi connectivity index (χ1v) is 19.5. The minimum absolute atomic E-state index is 0.0659. The van der Waals surface area contributed by atoms with Crippen LogP contribution in [0.3, 0.4) is 0 Å². The van der Waals surface area contributed by atoms with Crippen molar-refractivity contribution >= 4 is 17.1 Å². The number of hydrogen-bond acceptors (Lipinski definition) is 9. The van der Waals surface area contributed by atoms with Crippen LogP contribution in [0.15, 0.2) is 60.7 Å². The summed E-state index contributed by atoms with van der Waals surface area (Å²) >= 11 is 0. The molecule has 276 valence electrons. The maximum Gasteiger partial charge on any atom is 0.212 e. The van der Waals surface area contributed by atoms with Crippen LogP contribution < -0.4 is 31.4 Å². The van der Waals surface area contributed by atoms with E-state index in [4.69, 9.17) is 31.4 Å². The highest BCUT2D eigenvalue weighted by Crippen LogP contribution is 2.68. The van der Waals surface area contributed by atoms with Crippen molar-refractivity contribution in [2.45, 2.75) is 87.9 Å². The molecule has 0 heterocycles. The highest BCUT2D eigenvalue weighted by molar-refractivity contribution is 5.68. The van der Waals surface area contributed by atoms with Gasteiger partial charge in [-0.05, 0) is 166 Å². The molecule has 0 saturated heterocycles. The maximum atomic E-state index is 10.8. The summed E-state index contributed by atoms with van der Waals surface area (Å²) in [6, 6.07) is 17.2. The summed E-state index contributed by atoms with van der Waals surface area (Å²) in [7, 11) is 0. The highest BCUT2D eigenvalue weighted by Gasteiger charge is 2.56. The number of phenolic OH excluding ortho intramolecular Hbond substituents is 3. The molecule has 9 heteroatoms. The molecule has 0 aliphatic heterocycles. The zero-order valence-electron chi connectivity index (χ0n) is 30.0. The van der Waals surface area contributed by atoms with E-state index in [0.29, 0.717) is 70.0 Å².